The van der Waals surface area contributed by atoms with Crippen LogP contribution in [0, 0.1) is 11.3 Å². The molecular weight excluding hydrogens is 611 g/mol. The van der Waals surface area contributed by atoms with Crippen LogP contribution >= 0.6 is 0 Å². The summed E-state index contributed by atoms with van der Waals surface area (Å²) < 4.78 is 12.9. The Morgan fingerprint density at radius 1 is 1.11 bits per heavy atom. The minimum atomic E-state index is -2.08. The fraction of sp³-hybridized carbons (Fsp3) is 0.543. The zero-order valence-electron chi connectivity index (χ0n) is 28.2. The fourth-order valence-electron chi connectivity index (χ4n) is 6.78. The van der Waals surface area contributed by atoms with Crippen molar-refractivity contribution in [3.63, 3.8) is 0 Å². The molecule has 11 nitrogen and oxygen atoms in total. The van der Waals surface area contributed by atoms with Crippen molar-refractivity contribution in [2.45, 2.75) is 82.9 Å². The Labute approximate surface area is 278 Å². The number of piperazine rings is 1. The van der Waals surface area contributed by atoms with E-state index in [0.29, 0.717) is 32.5 Å². The minimum Gasteiger partial charge on any atom is -0.465 e. The first-order chi connectivity index (χ1) is 22.4. The van der Waals surface area contributed by atoms with E-state index in [-0.39, 0.29) is 35.8 Å². The molecule has 6 rings (SSSR count). The lowest BCUT2D eigenvalue weighted by atomic mass is 10.0. The number of hydrogen-bond acceptors (Lipinski definition) is 9. The summed E-state index contributed by atoms with van der Waals surface area (Å²) in [6.07, 6.45) is 0.629. The average molecular weight is 658 g/mol. The summed E-state index contributed by atoms with van der Waals surface area (Å²) in [6.45, 7) is 15.1. The van der Waals surface area contributed by atoms with Gasteiger partial charge in [0.05, 0.1) is 36.9 Å². The van der Waals surface area contributed by atoms with Crippen LogP contribution in [0.5, 0.6) is 6.01 Å². The van der Waals surface area contributed by atoms with Gasteiger partial charge in [-0.2, -0.15) is 15.2 Å². The molecule has 4 heterocycles. The number of carbonyl (C=O) groups is 1. The number of ether oxygens (including phenoxy) is 1. The number of likely N-dealkylation sites (tertiary alicyclic amines) is 1. The van der Waals surface area contributed by atoms with Gasteiger partial charge in [-0.25, -0.2) is 4.79 Å². The number of anilines is 2. The maximum Gasteiger partial charge on any atom is 0.407 e. The third-order valence-electron chi connectivity index (χ3n) is 10.3. The van der Waals surface area contributed by atoms with E-state index in [4.69, 9.17) is 19.1 Å². The second kappa shape index (κ2) is 13.3. The Balaban J connectivity index is 1.27. The summed E-state index contributed by atoms with van der Waals surface area (Å²) in [5.74, 6) is 0.854. The molecule has 2 fully saturated rings. The van der Waals surface area contributed by atoms with Crippen LogP contribution in [-0.4, -0.2) is 91.9 Å². The first kappa shape index (κ1) is 33.0. The molecule has 3 aliphatic rings. The number of hydrogen-bond donors (Lipinski definition) is 2. The van der Waals surface area contributed by atoms with Crippen LogP contribution < -0.4 is 19.9 Å². The maximum atomic E-state index is 12.3. The first-order valence-corrected chi connectivity index (χ1v) is 19.6. The van der Waals surface area contributed by atoms with Gasteiger partial charge in [0.1, 0.15) is 12.4 Å². The topological polar surface area (TPSA) is 127 Å². The van der Waals surface area contributed by atoms with Gasteiger partial charge in [-0.1, -0.05) is 57.2 Å². The van der Waals surface area contributed by atoms with E-state index < -0.39 is 14.4 Å². The molecule has 0 unspecified atom stereocenters. The quantitative estimate of drug-likeness (QED) is 0.304. The second-order valence-corrected chi connectivity index (χ2v) is 19.3. The number of amides is 1. The Bertz CT molecular complexity index is 1650. The third kappa shape index (κ3) is 7.03. The van der Waals surface area contributed by atoms with Gasteiger partial charge in [-0.3, -0.25) is 4.90 Å². The van der Waals surface area contributed by atoms with E-state index in [1.54, 1.807) is 0 Å². The predicted molar refractivity (Wildman–Crippen MR) is 186 cm³/mol. The van der Waals surface area contributed by atoms with Crippen LogP contribution in [0.3, 0.4) is 0 Å². The van der Waals surface area contributed by atoms with Crippen molar-refractivity contribution in [1.82, 2.24) is 20.2 Å². The van der Waals surface area contributed by atoms with Crippen molar-refractivity contribution in [1.29, 1.82) is 5.26 Å². The van der Waals surface area contributed by atoms with Crippen LogP contribution in [0.4, 0.5) is 16.3 Å². The Kier molecular flexibility index (Phi) is 9.33. The van der Waals surface area contributed by atoms with Crippen molar-refractivity contribution < 1.29 is 19.1 Å². The molecule has 1 amide bonds. The Hall–Kier alpha value is -3.92. The molecule has 2 aromatic carbocycles. The van der Waals surface area contributed by atoms with E-state index in [1.165, 1.54) is 21.4 Å². The third-order valence-corrected chi connectivity index (χ3v) is 14.9. The van der Waals surface area contributed by atoms with Gasteiger partial charge in [-0.15, -0.1) is 0 Å². The van der Waals surface area contributed by atoms with E-state index >= 15 is 0 Å². The van der Waals surface area contributed by atoms with Gasteiger partial charge in [-0.05, 0) is 42.4 Å². The fourth-order valence-corrected chi connectivity index (χ4v) is 8.14. The molecule has 0 aliphatic carbocycles. The molecule has 47 heavy (non-hydrogen) atoms. The monoisotopic (exact) mass is 657 g/mol. The molecule has 3 aromatic rings. The first-order valence-electron chi connectivity index (χ1n) is 16.7. The summed E-state index contributed by atoms with van der Waals surface area (Å²) in [6, 6.07) is 17.1. The number of aromatic nitrogens is 2. The lowest BCUT2D eigenvalue weighted by molar-refractivity contribution is 0.118. The molecule has 0 saturated carbocycles. The summed E-state index contributed by atoms with van der Waals surface area (Å²) in [5, 5.41) is 25.3. The minimum absolute atomic E-state index is 0.0269. The smallest absolute Gasteiger partial charge is 0.407 e. The molecule has 2 N–H and O–H groups in total. The predicted octanol–water partition coefficient (Wildman–Crippen LogP) is 5.41. The van der Waals surface area contributed by atoms with Gasteiger partial charge >= 0.3 is 12.1 Å². The number of nitrogens with zero attached hydrogens (tertiary/aromatic N) is 6. The summed E-state index contributed by atoms with van der Waals surface area (Å²) in [4.78, 5) is 28.3. The molecule has 0 bridgehead atoms. The van der Waals surface area contributed by atoms with Gasteiger partial charge in [0.25, 0.3) is 0 Å². The van der Waals surface area contributed by atoms with Crippen LogP contribution in [0.25, 0.3) is 10.8 Å². The summed E-state index contributed by atoms with van der Waals surface area (Å²) in [7, 11) is -2.08. The molecular formula is C35H47N7O4Si. The van der Waals surface area contributed by atoms with Gasteiger partial charge in [0.15, 0.2) is 8.32 Å². The van der Waals surface area contributed by atoms with Gasteiger partial charge in [0.2, 0.25) is 0 Å². The largest absolute Gasteiger partial charge is 0.465 e. The van der Waals surface area contributed by atoms with Crippen LogP contribution in [0.2, 0.25) is 18.1 Å². The number of carboxylic acid groups (broad SMARTS) is 1. The normalized spacial score (nSPS) is 21.9. The van der Waals surface area contributed by atoms with E-state index in [0.717, 1.165) is 43.1 Å². The zero-order valence-corrected chi connectivity index (χ0v) is 29.2. The number of benzene rings is 2. The summed E-state index contributed by atoms with van der Waals surface area (Å²) in [5.41, 5.74) is 3.20. The number of rotatable bonds is 8. The maximum absolute atomic E-state index is 12.3. The highest BCUT2D eigenvalue weighted by atomic mass is 28.4. The number of nitriles is 1. The standard InChI is InChI=1S/C35H47N7O4Si/c1-35(2,3)47(4,5)46-27-19-26(42(21-27)34(43)44)23-45-33-38-30-22-40(31-12-8-10-24-9-6-7-11-28(24)31)17-14-29(30)32(39-33)41-18-16-37-25(20-41)13-15-36/h6-12,25-27,37H,13-14,16-23H2,1-5H3,(H,43,44)/t25-,26+,27-/m1/s1. The number of nitrogens with one attached hydrogen (secondary N) is 1. The lowest BCUT2D eigenvalue weighted by Gasteiger charge is -2.38. The second-order valence-electron chi connectivity index (χ2n) is 14.5. The molecule has 1 aromatic heterocycles. The molecule has 12 heteroatoms. The molecule has 3 aliphatic heterocycles. The van der Waals surface area contributed by atoms with Gasteiger partial charge < -0.3 is 29.4 Å². The van der Waals surface area contributed by atoms with Crippen LogP contribution in [0.15, 0.2) is 42.5 Å². The highest BCUT2D eigenvalue weighted by molar-refractivity contribution is 6.74. The molecule has 2 saturated heterocycles. The van der Waals surface area contributed by atoms with E-state index in [9.17, 15) is 15.2 Å². The zero-order chi connectivity index (χ0) is 33.3. The van der Waals surface area contributed by atoms with Crippen molar-refractivity contribution in [3.8, 4) is 12.1 Å². The lowest BCUT2D eigenvalue weighted by Crippen LogP contribution is -2.51. The van der Waals surface area contributed by atoms with Crippen molar-refractivity contribution >= 4 is 36.7 Å². The highest BCUT2D eigenvalue weighted by Gasteiger charge is 2.44. The number of fused-ring (bicyclic) bond motifs is 2. The van der Waals surface area contributed by atoms with Crippen molar-refractivity contribution in [3.05, 3.63) is 53.7 Å². The highest BCUT2D eigenvalue weighted by Crippen LogP contribution is 2.39. The van der Waals surface area contributed by atoms with Crippen LogP contribution in [-0.2, 0) is 17.4 Å². The van der Waals surface area contributed by atoms with E-state index in [2.05, 4.69) is 97.5 Å². The van der Waals surface area contributed by atoms with E-state index in [1.807, 2.05) is 0 Å². The SMILES string of the molecule is CC(C)(C)[Si](C)(C)O[C@@H]1C[C@@H](COc2nc3c(c(N4CCN[C@H](CC#N)C4)n2)CCN(c2cccc4ccccc24)C3)N(C(=O)O)C1. The Morgan fingerprint density at radius 2 is 1.89 bits per heavy atom. The van der Waals surface area contributed by atoms with Crippen molar-refractivity contribution in [2.24, 2.45) is 0 Å². The summed E-state index contributed by atoms with van der Waals surface area (Å²) >= 11 is 0. The van der Waals surface area contributed by atoms with Gasteiger partial charge in [0, 0.05) is 55.4 Å². The molecule has 0 spiro atoms. The average Bonchev–Trinajstić information content (AvgIpc) is 3.45. The molecule has 250 valence electrons. The Morgan fingerprint density at radius 3 is 2.66 bits per heavy atom. The molecule has 3 atom stereocenters. The molecule has 0 radical (unpaired) electrons. The van der Waals surface area contributed by atoms with Crippen LogP contribution in [0.1, 0.15) is 44.9 Å². The van der Waals surface area contributed by atoms with Crippen molar-refractivity contribution in [2.75, 3.05) is 49.1 Å².